The molecule has 1 N–H and O–H groups in total. The van der Waals surface area contributed by atoms with Crippen molar-refractivity contribution in [1.82, 2.24) is 5.32 Å². The maximum absolute atomic E-state index is 10.2. The number of rotatable bonds is 2. The molecule has 0 rings (SSSR count). The van der Waals surface area contributed by atoms with Crippen LogP contribution in [0.3, 0.4) is 0 Å². The van der Waals surface area contributed by atoms with Crippen molar-refractivity contribution in [2.24, 2.45) is 0 Å². The van der Waals surface area contributed by atoms with E-state index in [0.717, 1.165) is 6.29 Å². The highest BCUT2D eigenvalue weighted by Crippen LogP contribution is 2.20. The molecule has 0 aromatic heterocycles. The van der Waals surface area contributed by atoms with Gasteiger partial charge in [0.05, 0.1) is 0 Å². The van der Waals surface area contributed by atoms with Crippen LogP contribution in [0.15, 0.2) is 0 Å². The van der Waals surface area contributed by atoms with Crippen molar-refractivity contribution < 1.29 is 4.79 Å². The summed E-state index contributed by atoms with van der Waals surface area (Å²) in [6.45, 7) is 5.80. The Morgan fingerprint density at radius 1 is 1.62 bits per heavy atom. The van der Waals surface area contributed by atoms with Crippen LogP contribution in [0, 0.1) is 0 Å². The molecule has 2 nitrogen and oxygen atoms in total. The van der Waals surface area contributed by atoms with Crippen molar-refractivity contribution in [3.05, 3.63) is 0 Å². The van der Waals surface area contributed by atoms with Gasteiger partial charge in [-0.15, -0.1) is 0 Å². The highest BCUT2D eigenvalue weighted by Gasteiger charge is 1.91. The summed E-state index contributed by atoms with van der Waals surface area (Å²) >= 11 is 0. The first-order chi connectivity index (χ1) is 3.63. The van der Waals surface area contributed by atoms with Crippen LogP contribution >= 0.6 is 7.92 Å². The van der Waals surface area contributed by atoms with Crippen LogP contribution in [0.5, 0.6) is 0 Å². The Balaban J connectivity index is 3.05. The van der Waals surface area contributed by atoms with Crippen molar-refractivity contribution in [2.75, 3.05) is 19.6 Å². The first-order valence-electron chi connectivity index (χ1n) is 2.52. The molecule has 48 valence electrons. The Morgan fingerprint density at radius 2 is 2.12 bits per heavy atom. The standard InChI is InChI=1S/C5H12NOP/c1-5(7)6-4-8(2)3/h4H2,1-3H3,(H,6,7). The molecule has 8 heavy (non-hydrogen) atoms. The van der Waals surface area contributed by atoms with E-state index in [2.05, 4.69) is 18.6 Å². The van der Waals surface area contributed by atoms with Gasteiger partial charge in [0.1, 0.15) is 0 Å². The highest BCUT2D eigenvalue weighted by atomic mass is 31.1. The second-order valence-corrected chi connectivity index (χ2v) is 4.45. The molecule has 1 amide bonds. The first kappa shape index (κ1) is 7.90. The normalized spacial score (nSPS) is 9.50. The van der Waals surface area contributed by atoms with E-state index >= 15 is 0 Å². The van der Waals surface area contributed by atoms with E-state index in [1.54, 1.807) is 6.92 Å². The Labute approximate surface area is 51.4 Å². The Morgan fingerprint density at radius 3 is 2.25 bits per heavy atom. The fourth-order valence-corrected chi connectivity index (χ4v) is 0.808. The lowest BCUT2D eigenvalue weighted by molar-refractivity contribution is -0.118. The molecular formula is C5H12NOP. The summed E-state index contributed by atoms with van der Waals surface area (Å²) < 4.78 is 0. The molecule has 0 heterocycles. The first-order valence-corrected chi connectivity index (χ1v) is 4.94. The molecule has 0 saturated carbocycles. The zero-order valence-electron chi connectivity index (χ0n) is 5.56. The molecule has 0 aromatic carbocycles. The maximum Gasteiger partial charge on any atom is 0.217 e. The molecule has 0 aliphatic heterocycles. The molecule has 0 radical (unpaired) electrons. The summed E-state index contributed by atoms with van der Waals surface area (Å²) in [5, 5.41) is 2.73. The minimum atomic E-state index is 0.0351. The Bertz CT molecular complexity index is 82.5. The second-order valence-electron chi connectivity index (χ2n) is 1.97. The fourth-order valence-electron chi connectivity index (χ4n) is 0.269. The van der Waals surface area contributed by atoms with Crippen molar-refractivity contribution in [1.29, 1.82) is 0 Å². The van der Waals surface area contributed by atoms with Crippen molar-refractivity contribution >= 4 is 13.8 Å². The monoisotopic (exact) mass is 133 g/mol. The van der Waals surface area contributed by atoms with Gasteiger partial charge in [0.2, 0.25) is 5.91 Å². The molecule has 3 heteroatoms. The van der Waals surface area contributed by atoms with E-state index in [1.807, 2.05) is 0 Å². The molecule has 0 unspecified atom stereocenters. The largest absolute Gasteiger partial charge is 0.353 e. The SMILES string of the molecule is CC(=O)NCP(C)C. The third-order valence-corrected chi connectivity index (χ3v) is 1.43. The highest BCUT2D eigenvalue weighted by molar-refractivity contribution is 7.55. The van der Waals surface area contributed by atoms with Gasteiger partial charge in [-0.3, -0.25) is 4.79 Å². The van der Waals surface area contributed by atoms with E-state index in [4.69, 9.17) is 0 Å². The Kier molecular flexibility index (Phi) is 3.80. The molecule has 0 spiro atoms. The molecule has 0 aliphatic carbocycles. The van der Waals surface area contributed by atoms with Crippen LogP contribution in [-0.4, -0.2) is 25.5 Å². The predicted octanol–water partition coefficient (Wildman–Crippen LogP) is 0.821. The van der Waals surface area contributed by atoms with Gasteiger partial charge >= 0.3 is 0 Å². The van der Waals surface area contributed by atoms with Crippen molar-refractivity contribution in [3.63, 3.8) is 0 Å². The molecular weight excluding hydrogens is 121 g/mol. The smallest absolute Gasteiger partial charge is 0.217 e. The van der Waals surface area contributed by atoms with Gasteiger partial charge in [-0.1, -0.05) is 7.92 Å². The van der Waals surface area contributed by atoms with Gasteiger partial charge in [-0.05, 0) is 13.3 Å². The summed E-state index contributed by atoms with van der Waals surface area (Å²) in [5.74, 6) is 0.0706. The van der Waals surface area contributed by atoms with Crippen LogP contribution in [0.1, 0.15) is 6.92 Å². The fraction of sp³-hybridized carbons (Fsp3) is 0.800. The predicted molar refractivity (Wildman–Crippen MR) is 37.5 cm³/mol. The van der Waals surface area contributed by atoms with Crippen molar-refractivity contribution in [3.8, 4) is 0 Å². The quantitative estimate of drug-likeness (QED) is 0.555. The van der Waals surface area contributed by atoms with E-state index in [9.17, 15) is 4.79 Å². The minimum absolute atomic E-state index is 0.0351. The van der Waals surface area contributed by atoms with Gasteiger partial charge in [0, 0.05) is 13.2 Å². The van der Waals surface area contributed by atoms with Crippen molar-refractivity contribution in [2.45, 2.75) is 6.92 Å². The van der Waals surface area contributed by atoms with Crippen LogP contribution in [-0.2, 0) is 4.79 Å². The number of carbonyl (C=O) groups excluding carboxylic acids is 1. The number of amides is 1. The van der Waals surface area contributed by atoms with Crippen LogP contribution < -0.4 is 5.32 Å². The minimum Gasteiger partial charge on any atom is -0.353 e. The molecule has 0 aliphatic rings. The van der Waals surface area contributed by atoms with Gasteiger partial charge in [-0.25, -0.2) is 0 Å². The molecule has 0 saturated heterocycles. The zero-order chi connectivity index (χ0) is 6.57. The number of hydrogen-bond acceptors (Lipinski definition) is 1. The molecule has 0 aromatic rings. The summed E-state index contributed by atoms with van der Waals surface area (Å²) in [6.07, 6.45) is 0.852. The lowest BCUT2D eigenvalue weighted by Crippen LogP contribution is -2.19. The van der Waals surface area contributed by atoms with Gasteiger partial charge < -0.3 is 5.32 Å². The van der Waals surface area contributed by atoms with Crippen LogP contribution in [0.2, 0.25) is 0 Å². The average Bonchev–Trinajstić information content (AvgIpc) is 1.61. The molecule has 0 fully saturated rings. The molecule has 0 atom stereocenters. The third-order valence-electron chi connectivity index (χ3n) is 0.644. The average molecular weight is 133 g/mol. The van der Waals surface area contributed by atoms with E-state index in [1.165, 1.54) is 0 Å². The van der Waals surface area contributed by atoms with E-state index in [0.29, 0.717) is 0 Å². The summed E-state index contributed by atoms with van der Waals surface area (Å²) in [4.78, 5) is 10.2. The lowest BCUT2D eigenvalue weighted by Gasteiger charge is -2.03. The topological polar surface area (TPSA) is 29.1 Å². The maximum atomic E-state index is 10.2. The number of nitrogens with one attached hydrogen (secondary N) is 1. The lowest BCUT2D eigenvalue weighted by atomic mass is 10.7. The second kappa shape index (κ2) is 3.85. The van der Waals surface area contributed by atoms with E-state index in [-0.39, 0.29) is 13.8 Å². The number of carbonyl (C=O) groups is 1. The Hall–Kier alpha value is -0.100. The zero-order valence-corrected chi connectivity index (χ0v) is 6.46. The van der Waals surface area contributed by atoms with Crippen LogP contribution in [0.25, 0.3) is 0 Å². The van der Waals surface area contributed by atoms with E-state index < -0.39 is 0 Å². The van der Waals surface area contributed by atoms with Gasteiger partial charge in [-0.2, -0.15) is 0 Å². The number of hydrogen-bond donors (Lipinski definition) is 1. The van der Waals surface area contributed by atoms with Crippen LogP contribution in [0.4, 0.5) is 0 Å². The molecule has 0 bridgehead atoms. The third kappa shape index (κ3) is 5.90. The van der Waals surface area contributed by atoms with Gasteiger partial charge in [0.25, 0.3) is 0 Å². The summed E-state index contributed by atoms with van der Waals surface area (Å²) in [7, 11) is 0.0351. The summed E-state index contributed by atoms with van der Waals surface area (Å²) in [5.41, 5.74) is 0. The summed E-state index contributed by atoms with van der Waals surface area (Å²) in [6, 6.07) is 0. The van der Waals surface area contributed by atoms with Gasteiger partial charge in [0.15, 0.2) is 0 Å².